The Labute approximate surface area is 125 Å². The minimum Gasteiger partial charge on any atom is -0.466 e. The zero-order valence-corrected chi connectivity index (χ0v) is 12.8. The summed E-state index contributed by atoms with van der Waals surface area (Å²) in [6.07, 6.45) is 2.28. The van der Waals surface area contributed by atoms with Gasteiger partial charge in [0, 0.05) is 29.0 Å². The van der Waals surface area contributed by atoms with Crippen molar-refractivity contribution in [3.8, 4) is 0 Å². The van der Waals surface area contributed by atoms with Gasteiger partial charge in [-0.1, -0.05) is 0 Å². The van der Waals surface area contributed by atoms with Crippen LogP contribution in [-0.4, -0.2) is 22.5 Å². The number of hydrogen-bond donors (Lipinski definition) is 2. The first-order valence-electron chi connectivity index (χ1n) is 6.11. The molecule has 1 atom stereocenters. The number of nitrogens with zero attached hydrogens (tertiary/aromatic N) is 1. The highest BCUT2D eigenvalue weighted by atomic mass is 79.9. The van der Waals surface area contributed by atoms with Crippen molar-refractivity contribution in [2.75, 3.05) is 6.54 Å². The van der Waals surface area contributed by atoms with Crippen LogP contribution in [0.25, 0.3) is 0 Å². The van der Waals surface area contributed by atoms with Gasteiger partial charge in [0.05, 0.1) is 11.7 Å². The molecule has 20 heavy (non-hydrogen) atoms. The fourth-order valence-corrected chi connectivity index (χ4v) is 2.28. The number of halogens is 1. The zero-order valence-electron chi connectivity index (χ0n) is 11.2. The van der Waals surface area contributed by atoms with Gasteiger partial charge in [-0.3, -0.25) is 9.78 Å². The SMILES string of the molecule is Cc1cc(C(O)CNC(=O)c2cncc(Br)c2)c(C)o1. The Bertz CT molecular complexity index is 625. The van der Waals surface area contributed by atoms with E-state index in [1.807, 2.05) is 6.92 Å². The first-order chi connectivity index (χ1) is 9.47. The van der Waals surface area contributed by atoms with E-state index in [0.29, 0.717) is 16.9 Å². The highest BCUT2D eigenvalue weighted by molar-refractivity contribution is 9.10. The molecule has 0 spiro atoms. The van der Waals surface area contributed by atoms with Gasteiger partial charge < -0.3 is 14.8 Å². The second kappa shape index (κ2) is 6.19. The number of aliphatic hydroxyl groups excluding tert-OH is 1. The molecule has 106 valence electrons. The zero-order chi connectivity index (χ0) is 14.7. The van der Waals surface area contributed by atoms with Crippen LogP contribution in [0.15, 0.2) is 33.4 Å². The first-order valence-corrected chi connectivity index (χ1v) is 6.90. The lowest BCUT2D eigenvalue weighted by atomic mass is 10.1. The van der Waals surface area contributed by atoms with Crippen molar-refractivity contribution in [1.82, 2.24) is 10.3 Å². The maximum Gasteiger partial charge on any atom is 0.252 e. The molecule has 1 amide bonds. The summed E-state index contributed by atoms with van der Waals surface area (Å²) in [7, 11) is 0. The molecule has 0 fully saturated rings. The van der Waals surface area contributed by atoms with Gasteiger partial charge in [-0.25, -0.2) is 0 Å². The summed E-state index contributed by atoms with van der Waals surface area (Å²) >= 11 is 3.26. The van der Waals surface area contributed by atoms with Crippen LogP contribution in [0.4, 0.5) is 0 Å². The Morgan fingerprint density at radius 2 is 2.20 bits per heavy atom. The topological polar surface area (TPSA) is 75.4 Å². The van der Waals surface area contributed by atoms with E-state index in [4.69, 9.17) is 4.42 Å². The molecule has 0 saturated carbocycles. The van der Waals surface area contributed by atoms with Crippen LogP contribution in [0.3, 0.4) is 0 Å². The summed E-state index contributed by atoms with van der Waals surface area (Å²) in [6, 6.07) is 3.44. The summed E-state index contributed by atoms with van der Waals surface area (Å²) in [5.74, 6) is 1.11. The number of carbonyl (C=O) groups is 1. The molecule has 2 N–H and O–H groups in total. The largest absolute Gasteiger partial charge is 0.466 e. The normalized spacial score (nSPS) is 12.2. The second-order valence-electron chi connectivity index (χ2n) is 4.49. The molecular formula is C14H15BrN2O3. The van der Waals surface area contributed by atoms with Crippen molar-refractivity contribution in [2.24, 2.45) is 0 Å². The van der Waals surface area contributed by atoms with E-state index >= 15 is 0 Å². The van der Waals surface area contributed by atoms with E-state index in [9.17, 15) is 9.90 Å². The maximum atomic E-state index is 11.9. The molecule has 5 nitrogen and oxygen atoms in total. The molecule has 0 aliphatic heterocycles. The number of rotatable bonds is 4. The van der Waals surface area contributed by atoms with Crippen molar-refractivity contribution < 1.29 is 14.3 Å². The van der Waals surface area contributed by atoms with Gasteiger partial charge in [-0.2, -0.15) is 0 Å². The van der Waals surface area contributed by atoms with Crippen LogP contribution in [-0.2, 0) is 0 Å². The van der Waals surface area contributed by atoms with Crippen molar-refractivity contribution in [3.63, 3.8) is 0 Å². The Kier molecular flexibility index (Phi) is 4.57. The predicted octanol–water partition coefficient (Wildman–Crippen LogP) is 2.52. The van der Waals surface area contributed by atoms with Crippen molar-refractivity contribution in [2.45, 2.75) is 20.0 Å². The average Bonchev–Trinajstić information content (AvgIpc) is 2.74. The monoisotopic (exact) mass is 338 g/mol. The van der Waals surface area contributed by atoms with Gasteiger partial charge >= 0.3 is 0 Å². The van der Waals surface area contributed by atoms with Gasteiger partial charge in [0.15, 0.2) is 0 Å². The molecule has 0 aliphatic carbocycles. The van der Waals surface area contributed by atoms with Gasteiger partial charge in [-0.15, -0.1) is 0 Å². The van der Waals surface area contributed by atoms with Crippen molar-refractivity contribution in [3.05, 3.63) is 51.6 Å². The number of nitrogens with one attached hydrogen (secondary N) is 1. The first kappa shape index (κ1) is 14.7. The van der Waals surface area contributed by atoms with Gasteiger partial charge in [0.2, 0.25) is 0 Å². The van der Waals surface area contributed by atoms with E-state index in [2.05, 4.69) is 26.2 Å². The van der Waals surface area contributed by atoms with Crippen LogP contribution in [0.1, 0.15) is 33.5 Å². The number of aliphatic hydroxyl groups is 1. The molecule has 0 saturated heterocycles. The third-order valence-electron chi connectivity index (χ3n) is 2.86. The lowest BCUT2D eigenvalue weighted by Gasteiger charge is -2.11. The highest BCUT2D eigenvalue weighted by Gasteiger charge is 2.16. The number of pyridine rings is 1. The lowest BCUT2D eigenvalue weighted by molar-refractivity contribution is 0.0915. The highest BCUT2D eigenvalue weighted by Crippen LogP contribution is 2.21. The van der Waals surface area contributed by atoms with Gasteiger partial charge in [0.1, 0.15) is 11.5 Å². The number of hydrogen-bond acceptors (Lipinski definition) is 4. The minimum absolute atomic E-state index is 0.116. The fourth-order valence-electron chi connectivity index (χ4n) is 1.92. The average molecular weight is 339 g/mol. The quantitative estimate of drug-likeness (QED) is 0.898. The van der Waals surface area contributed by atoms with Crippen LogP contribution < -0.4 is 5.32 Å². The van der Waals surface area contributed by atoms with E-state index < -0.39 is 6.10 Å². The second-order valence-corrected chi connectivity index (χ2v) is 5.40. The Morgan fingerprint density at radius 3 is 2.80 bits per heavy atom. The molecular weight excluding hydrogens is 324 g/mol. The van der Waals surface area contributed by atoms with Crippen molar-refractivity contribution >= 4 is 21.8 Å². The number of aryl methyl sites for hydroxylation is 2. The van der Waals surface area contributed by atoms with E-state index in [0.717, 1.165) is 10.2 Å². The Balaban J connectivity index is 1.98. The number of aromatic nitrogens is 1. The molecule has 6 heteroatoms. The molecule has 0 aromatic carbocycles. The maximum absolute atomic E-state index is 11.9. The molecule has 2 aromatic rings. The minimum atomic E-state index is -0.795. The summed E-state index contributed by atoms with van der Waals surface area (Å²) in [5.41, 5.74) is 1.13. The third-order valence-corrected chi connectivity index (χ3v) is 3.30. The molecule has 2 rings (SSSR count). The molecule has 2 aromatic heterocycles. The van der Waals surface area contributed by atoms with Crippen LogP contribution in [0.2, 0.25) is 0 Å². The summed E-state index contributed by atoms with van der Waals surface area (Å²) in [5, 5.41) is 12.7. The van der Waals surface area contributed by atoms with Crippen LogP contribution in [0, 0.1) is 13.8 Å². The van der Waals surface area contributed by atoms with Gasteiger partial charge in [0.25, 0.3) is 5.91 Å². The Hall–Kier alpha value is -1.66. The molecule has 1 unspecified atom stereocenters. The van der Waals surface area contributed by atoms with Crippen LogP contribution >= 0.6 is 15.9 Å². The van der Waals surface area contributed by atoms with Gasteiger partial charge in [-0.05, 0) is 41.9 Å². The van der Waals surface area contributed by atoms with E-state index in [1.54, 1.807) is 25.3 Å². The Morgan fingerprint density at radius 1 is 1.45 bits per heavy atom. The molecule has 0 radical (unpaired) electrons. The summed E-state index contributed by atoms with van der Waals surface area (Å²) < 4.78 is 6.08. The van der Waals surface area contributed by atoms with E-state index in [1.165, 1.54) is 6.20 Å². The molecule has 2 heterocycles. The van der Waals surface area contributed by atoms with E-state index in [-0.39, 0.29) is 12.5 Å². The smallest absolute Gasteiger partial charge is 0.252 e. The number of amides is 1. The molecule has 0 bridgehead atoms. The predicted molar refractivity (Wildman–Crippen MR) is 77.4 cm³/mol. The molecule has 0 aliphatic rings. The summed E-state index contributed by atoms with van der Waals surface area (Å²) in [4.78, 5) is 15.8. The standard InChI is InChI=1S/C14H15BrN2O3/c1-8-3-12(9(2)20-8)13(18)7-17-14(19)10-4-11(15)6-16-5-10/h3-6,13,18H,7H2,1-2H3,(H,17,19). The third kappa shape index (κ3) is 3.46. The lowest BCUT2D eigenvalue weighted by Crippen LogP contribution is -2.28. The fraction of sp³-hybridized carbons (Fsp3) is 0.286. The summed E-state index contributed by atoms with van der Waals surface area (Å²) in [6.45, 7) is 3.71. The van der Waals surface area contributed by atoms with Crippen molar-refractivity contribution in [1.29, 1.82) is 0 Å². The number of carbonyl (C=O) groups excluding carboxylic acids is 1. The van der Waals surface area contributed by atoms with Crippen LogP contribution in [0.5, 0.6) is 0 Å². The number of furan rings is 1.